The van der Waals surface area contributed by atoms with Crippen molar-refractivity contribution in [2.75, 3.05) is 11.9 Å². The fourth-order valence-corrected chi connectivity index (χ4v) is 2.91. The third-order valence-electron chi connectivity index (χ3n) is 4.70. The minimum atomic E-state index is -0.236. The van der Waals surface area contributed by atoms with Crippen LogP contribution in [0.4, 0.5) is 5.69 Å². The zero-order valence-electron chi connectivity index (χ0n) is 17.3. The molecule has 0 atom stereocenters. The highest BCUT2D eigenvalue weighted by atomic mass is 16.5. The Balaban J connectivity index is 1.63. The number of hydrogen-bond donors (Lipinski definition) is 2. The van der Waals surface area contributed by atoms with Crippen LogP contribution in [-0.2, 0) is 16.8 Å². The van der Waals surface area contributed by atoms with Gasteiger partial charge >= 0.3 is 0 Å². The second-order valence-corrected chi connectivity index (χ2v) is 8.07. The minimum absolute atomic E-state index is 0.0738. The van der Waals surface area contributed by atoms with Gasteiger partial charge in [0.2, 0.25) is 0 Å². The van der Waals surface area contributed by atoms with Crippen LogP contribution < -0.4 is 10.1 Å². The van der Waals surface area contributed by atoms with Gasteiger partial charge in [-0.2, -0.15) is 0 Å². The van der Waals surface area contributed by atoms with Crippen LogP contribution in [0.25, 0.3) is 11.3 Å². The lowest BCUT2D eigenvalue weighted by Gasteiger charge is -2.19. The summed E-state index contributed by atoms with van der Waals surface area (Å²) in [4.78, 5) is 12.4. The van der Waals surface area contributed by atoms with Gasteiger partial charge < -0.3 is 19.6 Å². The van der Waals surface area contributed by atoms with Gasteiger partial charge in [0.15, 0.2) is 6.61 Å². The summed E-state index contributed by atoms with van der Waals surface area (Å²) in [6, 6.07) is 17.0. The molecule has 0 aliphatic heterocycles. The van der Waals surface area contributed by atoms with Gasteiger partial charge in [-0.3, -0.25) is 4.79 Å². The maximum absolute atomic E-state index is 12.4. The van der Waals surface area contributed by atoms with Gasteiger partial charge in [-0.15, -0.1) is 0 Å². The van der Waals surface area contributed by atoms with Crippen LogP contribution in [0.3, 0.4) is 0 Å². The number of ether oxygens (including phenoxy) is 1. The van der Waals surface area contributed by atoms with Gasteiger partial charge in [-0.25, -0.2) is 0 Å². The largest absolute Gasteiger partial charge is 0.484 e. The molecule has 0 aliphatic rings. The molecule has 0 aliphatic carbocycles. The van der Waals surface area contributed by atoms with Crippen LogP contribution in [-0.4, -0.2) is 17.6 Å². The van der Waals surface area contributed by atoms with Gasteiger partial charge in [0.25, 0.3) is 5.91 Å². The number of nitrogens with one attached hydrogen (secondary N) is 1. The lowest BCUT2D eigenvalue weighted by molar-refractivity contribution is -0.118. The number of rotatable bonds is 6. The van der Waals surface area contributed by atoms with E-state index in [1.54, 1.807) is 12.1 Å². The van der Waals surface area contributed by atoms with Crippen molar-refractivity contribution in [2.24, 2.45) is 0 Å². The first-order chi connectivity index (χ1) is 13.8. The normalized spacial score (nSPS) is 11.3. The van der Waals surface area contributed by atoms with E-state index in [4.69, 9.17) is 14.3 Å². The number of carbonyl (C=O) groups excluding carboxylic acids is 1. The summed E-state index contributed by atoms with van der Waals surface area (Å²) in [5.74, 6) is 1.56. The Morgan fingerprint density at radius 2 is 1.79 bits per heavy atom. The Kier molecular flexibility index (Phi) is 6.09. The third kappa shape index (κ3) is 5.27. The second kappa shape index (κ2) is 8.53. The highest BCUT2D eigenvalue weighted by Crippen LogP contribution is 2.27. The Bertz CT molecular complexity index is 981. The maximum atomic E-state index is 12.4. The molecule has 1 aromatic heterocycles. The molecule has 1 amide bonds. The Morgan fingerprint density at radius 3 is 2.41 bits per heavy atom. The summed E-state index contributed by atoms with van der Waals surface area (Å²) in [7, 11) is 0. The molecule has 0 fully saturated rings. The molecule has 2 aromatic carbocycles. The smallest absolute Gasteiger partial charge is 0.262 e. The monoisotopic (exact) mass is 393 g/mol. The van der Waals surface area contributed by atoms with E-state index in [-0.39, 0.29) is 24.5 Å². The maximum Gasteiger partial charge on any atom is 0.262 e. The van der Waals surface area contributed by atoms with Crippen LogP contribution in [0.5, 0.6) is 5.75 Å². The average Bonchev–Trinajstić information content (AvgIpc) is 3.17. The van der Waals surface area contributed by atoms with Crippen LogP contribution >= 0.6 is 0 Å². The number of hydrogen-bond acceptors (Lipinski definition) is 4. The van der Waals surface area contributed by atoms with Crippen molar-refractivity contribution in [1.82, 2.24) is 0 Å². The number of aryl methyl sites for hydroxylation is 1. The average molecular weight is 393 g/mol. The summed E-state index contributed by atoms with van der Waals surface area (Å²) < 4.78 is 11.2. The van der Waals surface area contributed by atoms with E-state index in [1.165, 1.54) is 5.56 Å². The van der Waals surface area contributed by atoms with Gasteiger partial charge in [0.05, 0.1) is 0 Å². The molecular weight excluding hydrogens is 366 g/mol. The summed E-state index contributed by atoms with van der Waals surface area (Å²) in [5.41, 5.74) is 3.74. The zero-order chi connectivity index (χ0) is 21.0. The summed E-state index contributed by atoms with van der Waals surface area (Å²) in [5, 5.41) is 12.1. The van der Waals surface area contributed by atoms with E-state index in [1.807, 2.05) is 49.4 Å². The van der Waals surface area contributed by atoms with Crippen molar-refractivity contribution in [3.05, 3.63) is 71.5 Å². The van der Waals surface area contributed by atoms with E-state index in [0.29, 0.717) is 23.0 Å². The van der Waals surface area contributed by atoms with E-state index in [9.17, 15) is 4.79 Å². The molecule has 0 spiro atoms. The van der Waals surface area contributed by atoms with E-state index in [0.717, 1.165) is 11.1 Å². The molecule has 29 heavy (non-hydrogen) atoms. The van der Waals surface area contributed by atoms with Crippen LogP contribution in [0.1, 0.15) is 37.7 Å². The van der Waals surface area contributed by atoms with E-state index in [2.05, 4.69) is 26.1 Å². The van der Waals surface area contributed by atoms with Crippen molar-refractivity contribution in [3.8, 4) is 17.1 Å². The molecule has 0 saturated heterocycles. The molecule has 3 rings (SSSR count). The summed E-state index contributed by atoms with van der Waals surface area (Å²) >= 11 is 0. The molecular formula is C24H27NO4. The Hall–Kier alpha value is -3.05. The third-order valence-corrected chi connectivity index (χ3v) is 4.70. The van der Waals surface area contributed by atoms with Gasteiger partial charge in [-0.1, -0.05) is 45.0 Å². The molecule has 0 saturated carbocycles. The van der Waals surface area contributed by atoms with Crippen molar-refractivity contribution < 1.29 is 19.1 Å². The molecule has 2 N–H and O–H groups in total. The number of furan rings is 1. The number of aliphatic hydroxyl groups is 1. The molecule has 3 aromatic rings. The predicted octanol–water partition coefficient (Wildman–Crippen LogP) is 5.06. The molecule has 0 unspecified atom stereocenters. The number of carbonyl (C=O) groups is 1. The second-order valence-electron chi connectivity index (χ2n) is 8.07. The fraction of sp³-hybridized carbons (Fsp3) is 0.292. The summed E-state index contributed by atoms with van der Waals surface area (Å²) in [6.45, 7) is 8.16. The Morgan fingerprint density at radius 1 is 1.07 bits per heavy atom. The Labute approximate surface area is 171 Å². The molecule has 1 heterocycles. The minimum Gasteiger partial charge on any atom is -0.484 e. The van der Waals surface area contributed by atoms with Crippen molar-refractivity contribution in [2.45, 2.75) is 39.7 Å². The fourth-order valence-electron chi connectivity index (χ4n) is 2.91. The first kappa shape index (κ1) is 20.7. The molecule has 5 nitrogen and oxygen atoms in total. The van der Waals surface area contributed by atoms with Gasteiger partial charge in [-0.05, 0) is 53.8 Å². The standard InChI is InChI=1S/C24H27NO4/c1-16-5-6-17(22-12-11-20(14-26)29-22)13-21(16)25-23(27)15-28-19-9-7-18(8-10-19)24(2,3)4/h5-13,26H,14-15H2,1-4H3,(H,25,27). The topological polar surface area (TPSA) is 71.7 Å². The molecule has 0 bridgehead atoms. The van der Waals surface area contributed by atoms with Crippen LogP contribution in [0, 0.1) is 6.92 Å². The lowest BCUT2D eigenvalue weighted by atomic mass is 9.87. The van der Waals surface area contributed by atoms with Gasteiger partial charge in [0.1, 0.15) is 23.9 Å². The van der Waals surface area contributed by atoms with E-state index < -0.39 is 0 Å². The van der Waals surface area contributed by atoms with Crippen molar-refractivity contribution in [1.29, 1.82) is 0 Å². The first-order valence-electron chi connectivity index (χ1n) is 9.60. The molecule has 0 radical (unpaired) electrons. The first-order valence-corrected chi connectivity index (χ1v) is 9.60. The molecule has 152 valence electrons. The lowest BCUT2D eigenvalue weighted by Crippen LogP contribution is -2.20. The van der Waals surface area contributed by atoms with E-state index >= 15 is 0 Å². The number of anilines is 1. The van der Waals surface area contributed by atoms with Crippen molar-refractivity contribution >= 4 is 11.6 Å². The predicted molar refractivity (Wildman–Crippen MR) is 114 cm³/mol. The number of amides is 1. The quantitative estimate of drug-likeness (QED) is 0.614. The number of benzene rings is 2. The highest BCUT2D eigenvalue weighted by Gasteiger charge is 2.14. The number of aliphatic hydroxyl groups excluding tert-OH is 1. The highest BCUT2D eigenvalue weighted by molar-refractivity contribution is 5.93. The summed E-state index contributed by atoms with van der Waals surface area (Å²) in [6.07, 6.45) is 0. The zero-order valence-corrected chi connectivity index (χ0v) is 17.3. The van der Waals surface area contributed by atoms with Crippen molar-refractivity contribution in [3.63, 3.8) is 0 Å². The van der Waals surface area contributed by atoms with Gasteiger partial charge in [0, 0.05) is 11.3 Å². The molecule has 5 heteroatoms. The van der Waals surface area contributed by atoms with Crippen LogP contribution in [0.2, 0.25) is 0 Å². The SMILES string of the molecule is Cc1ccc(-c2ccc(CO)o2)cc1NC(=O)COc1ccc(C(C)(C)C)cc1. The van der Waals surface area contributed by atoms with Crippen LogP contribution in [0.15, 0.2) is 59.0 Å².